The fourth-order valence-corrected chi connectivity index (χ4v) is 2.69. The summed E-state index contributed by atoms with van der Waals surface area (Å²) in [5.74, 6) is -0.0125. The van der Waals surface area contributed by atoms with Gasteiger partial charge in [-0.15, -0.1) is 0 Å². The van der Waals surface area contributed by atoms with Crippen molar-refractivity contribution < 1.29 is 4.79 Å². The molecular weight excluding hydrogens is 286 g/mol. The molecule has 0 bridgehead atoms. The van der Waals surface area contributed by atoms with Crippen LogP contribution in [-0.4, -0.2) is 18.5 Å². The van der Waals surface area contributed by atoms with Gasteiger partial charge in [0.1, 0.15) is 6.04 Å². The molecule has 2 aromatic rings. The van der Waals surface area contributed by atoms with Gasteiger partial charge in [0.15, 0.2) is 0 Å². The summed E-state index contributed by atoms with van der Waals surface area (Å²) in [6.07, 6.45) is 0.732. The molecule has 0 saturated heterocycles. The number of benzene rings is 2. The van der Waals surface area contributed by atoms with Crippen molar-refractivity contribution in [1.82, 2.24) is 0 Å². The highest BCUT2D eigenvalue weighted by Gasteiger charge is 2.23. The number of nitrogens with two attached hydrogens (primary N) is 1. The molecule has 0 radical (unpaired) electrons. The van der Waals surface area contributed by atoms with Gasteiger partial charge in [-0.05, 0) is 50.1 Å². The Bertz CT molecular complexity index is 655. The van der Waals surface area contributed by atoms with Gasteiger partial charge in [-0.3, -0.25) is 4.79 Å². The van der Waals surface area contributed by atoms with Gasteiger partial charge >= 0.3 is 0 Å². The summed E-state index contributed by atoms with van der Waals surface area (Å²) in [5, 5.41) is 2.98. The molecule has 1 atom stereocenters. The molecule has 4 nitrogen and oxygen atoms in total. The Balaban J connectivity index is 2.18. The maximum atomic E-state index is 12.7. The van der Waals surface area contributed by atoms with Crippen molar-refractivity contribution in [2.45, 2.75) is 33.2 Å². The quantitative estimate of drug-likeness (QED) is 0.797. The van der Waals surface area contributed by atoms with Gasteiger partial charge in [0, 0.05) is 23.6 Å². The van der Waals surface area contributed by atoms with E-state index >= 15 is 0 Å². The number of para-hydroxylation sites is 1. The van der Waals surface area contributed by atoms with Crippen LogP contribution in [0.4, 0.5) is 17.1 Å². The Morgan fingerprint density at radius 3 is 2.43 bits per heavy atom. The van der Waals surface area contributed by atoms with Crippen LogP contribution in [0.5, 0.6) is 0 Å². The number of rotatable bonds is 6. The number of nitrogens with zero attached hydrogens (tertiary/aromatic N) is 1. The van der Waals surface area contributed by atoms with E-state index in [1.807, 2.05) is 56.3 Å². The lowest BCUT2D eigenvalue weighted by Crippen LogP contribution is -2.44. The topological polar surface area (TPSA) is 58.4 Å². The molecule has 4 heteroatoms. The number of aryl methyl sites for hydroxylation is 1. The molecule has 0 aliphatic heterocycles. The first-order valence-electron chi connectivity index (χ1n) is 8.05. The standard InChI is InChI=1S/C19H25N3O/c1-4-18(22(5-2)16-9-7-6-8-10-16)19(23)21-15-12-11-14(3)17(20)13-15/h6-13,18H,4-5,20H2,1-3H3,(H,21,23). The molecule has 0 aliphatic rings. The van der Waals surface area contributed by atoms with E-state index in [1.165, 1.54) is 0 Å². The van der Waals surface area contributed by atoms with Crippen LogP contribution in [0.15, 0.2) is 48.5 Å². The molecule has 3 N–H and O–H groups in total. The first-order chi connectivity index (χ1) is 11.1. The maximum Gasteiger partial charge on any atom is 0.247 e. The van der Waals surface area contributed by atoms with Crippen LogP contribution in [0, 0.1) is 6.92 Å². The summed E-state index contributed by atoms with van der Waals surface area (Å²) in [5.41, 5.74) is 9.41. The van der Waals surface area contributed by atoms with Gasteiger partial charge in [-0.2, -0.15) is 0 Å². The number of carbonyl (C=O) groups is 1. The second-order valence-electron chi connectivity index (χ2n) is 5.61. The number of amides is 1. The van der Waals surface area contributed by atoms with Crippen LogP contribution < -0.4 is 16.0 Å². The monoisotopic (exact) mass is 311 g/mol. The number of hydrogen-bond acceptors (Lipinski definition) is 3. The molecule has 2 aromatic carbocycles. The Labute approximate surface area is 138 Å². The molecule has 1 unspecified atom stereocenters. The highest BCUT2D eigenvalue weighted by atomic mass is 16.2. The van der Waals surface area contributed by atoms with E-state index in [4.69, 9.17) is 5.73 Å². The zero-order chi connectivity index (χ0) is 16.8. The van der Waals surface area contributed by atoms with Crippen LogP contribution in [0.3, 0.4) is 0 Å². The molecule has 122 valence electrons. The second kappa shape index (κ2) is 7.68. The van der Waals surface area contributed by atoms with Crippen LogP contribution in [0.25, 0.3) is 0 Å². The molecule has 0 aromatic heterocycles. The van der Waals surface area contributed by atoms with Crippen molar-refractivity contribution in [3.63, 3.8) is 0 Å². The van der Waals surface area contributed by atoms with Crippen molar-refractivity contribution in [2.75, 3.05) is 22.5 Å². The number of hydrogen-bond donors (Lipinski definition) is 2. The summed E-state index contributed by atoms with van der Waals surface area (Å²) in [6.45, 7) is 6.81. The lowest BCUT2D eigenvalue weighted by Gasteiger charge is -2.31. The van der Waals surface area contributed by atoms with E-state index < -0.39 is 0 Å². The zero-order valence-electron chi connectivity index (χ0n) is 14.0. The van der Waals surface area contributed by atoms with Crippen molar-refractivity contribution in [2.24, 2.45) is 0 Å². The van der Waals surface area contributed by atoms with E-state index in [2.05, 4.69) is 17.1 Å². The maximum absolute atomic E-state index is 12.7. The van der Waals surface area contributed by atoms with E-state index in [-0.39, 0.29) is 11.9 Å². The SMILES string of the molecule is CCC(C(=O)Nc1ccc(C)c(N)c1)N(CC)c1ccccc1. The minimum atomic E-state index is -0.218. The summed E-state index contributed by atoms with van der Waals surface area (Å²) in [6, 6.07) is 15.4. The van der Waals surface area contributed by atoms with Crippen LogP contribution in [0.1, 0.15) is 25.8 Å². The summed E-state index contributed by atoms with van der Waals surface area (Å²) >= 11 is 0. The molecular formula is C19H25N3O. The van der Waals surface area contributed by atoms with Gasteiger partial charge in [-0.1, -0.05) is 31.2 Å². The fraction of sp³-hybridized carbons (Fsp3) is 0.316. The molecule has 2 rings (SSSR count). The molecule has 0 saturated carbocycles. The number of carbonyl (C=O) groups excluding carboxylic acids is 1. The van der Waals surface area contributed by atoms with Crippen molar-refractivity contribution in [1.29, 1.82) is 0 Å². The Morgan fingerprint density at radius 1 is 1.17 bits per heavy atom. The average Bonchev–Trinajstić information content (AvgIpc) is 2.56. The third-order valence-electron chi connectivity index (χ3n) is 4.04. The average molecular weight is 311 g/mol. The van der Waals surface area contributed by atoms with Crippen molar-refractivity contribution in [3.8, 4) is 0 Å². The predicted octanol–water partition coefficient (Wildman–Crippen LogP) is 3.82. The number of anilines is 3. The zero-order valence-corrected chi connectivity index (χ0v) is 14.0. The molecule has 0 spiro atoms. The molecule has 0 aliphatic carbocycles. The minimum Gasteiger partial charge on any atom is -0.398 e. The summed E-state index contributed by atoms with van der Waals surface area (Å²) < 4.78 is 0. The van der Waals surface area contributed by atoms with Gasteiger partial charge in [0.2, 0.25) is 5.91 Å². The Morgan fingerprint density at radius 2 is 1.87 bits per heavy atom. The molecule has 0 fully saturated rings. The first-order valence-corrected chi connectivity index (χ1v) is 8.05. The fourth-order valence-electron chi connectivity index (χ4n) is 2.69. The van der Waals surface area contributed by atoms with Crippen LogP contribution in [-0.2, 0) is 4.79 Å². The van der Waals surface area contributed by atoms with E-state index in [0.717, 1.165) is 29.9 Å². The Hall–Kier alpha value is -2.49. The third-order valence-corrected chi connectivity index (χ3v) is 4.04. The number of nitrogen functional groups attached to an aromatic ring is 1. The normalized spacial score (nSPS) is 11.8. The lowest BCUT2D eigenvalue weighted by atomic mass is 10.1. The van der Waals surface area contributed by atoms with E-state index in [9.17, 15) is 4.79 Å². The smallest absolute Gasteiger partial charge is 0.247 e. The van der Waals surface area contributed by atoms with Crippen molar-refractivity contribution in [3.05, 3.63) is 54.1 Å². The summed E-state index contributed by atoms with van der Waals surface area (Å²) in [4.78, 5) is 14.8. The number of likely N-dealkylation sites (N-methyl/N-ethyl adjacent to an activating group) is 1. The largest absolute Gasteiger partial charge is 0.398 e. The van der Waals surface area contributed by atoms with E-state index in [0.29, 0.717) is 5.69 Å². The first kappa shape index (κ1) is 16.9. The van der Waals surface area contributed by atoms with Gasteiger partial charge in [0.05, 0.1) is 0 Å². The summed E-state index contributed by atoms with van der Waals surface area (Å²) in [7, 11) is 0. The predicted molar refractivity (Wildman–Crippen MR) is 97.8 cm³/mol. The highest BCUT2D eigenvalue weighted by molar-refractivity contribution is 5.97. The third kappa shape index (κ3) is 4.03. The van der Waals surface area contributed by atoms with Gasteiger partial charge < -0.3 is 16.0 Å². The lowest BCUT2D eigenvalue weighted by molar-refractivity contribution is -0.117. The molecule has 0 heterocycles. The van der Waals surface area contributed by atoms with Gasteiger partial charge in [-0.25, -0.2) is 0 Å². The highest BCUT2D eigenvalue weighted by Crippen LogP contribution is 2.21. The molecule has 23 heavy (non-hydrogen) atoms. The van der Waals surface area contributed by atoms with Crippen molar-refractivity contribution >= 4 is 23.0 Å². The van der Waals surface area contributed by atoms with E-state index in [1.54, 1.807) is 6.07 Å². The Kier molecular flexibility index (Phi) is 5.63. The minimum absolute atomic E-state index is 0.0125. The molecule has 1 amide bonds. The second-order valence-corrected chi connectivity index (χ2v) is 5.61. The van der Waals surface area contributed by atoms with Crippen LogP contribution >= 0.6 is 0 Å². The van der Waals surface area contributed by atoms with Crippen LogP contribution in [0.2, 0.25) is 0 Å². The number of nitrogens with one attached hydrogen (secondary N) is 1. The van der Waals surface area contributed by atoms with Gasteiger partial charge in [0.25, 0.3) is 0 Å².